The smallest absolute Gasteiger partial charge is 0.387 e. The maximum Gasteiger partial charge on any atom is 0.387 e. The van der Waals surface area contributed by atoms with Crippen LogP contribution in [0.2, 0.25) is 0 Å². The summed E-state index contributed by atoms with van der Waals surface area (Å²) in [6.45, 7) is -0.510. The summed E-state index contributed by atoms with van der Waals surface area (Å²) in [5.41, 5.74) is 1.23. The van der Waals surface area contributed by atoms with E-state index in [4.69, 9.17) is 0 Å². The van der Waals surface area contributed by atoms with Crippen molar-refractivity contribution < 1.29 is 13.5 Å². The maximum absolute atomic E-state index is 11.9. The zero-order valence-corrected chi connectivity index (χ0v) is 8.62. The zero-order chi connectivity index (χ0) is 10.8. The van der Waals surface area contributed by atoms with Crippen molar-refractivity contribution >= 4 is 0 Å². The Kier molecular flexibility index (Phi) is 2.89. The Morgan fingerprint density at radius 2 is 1.80 bits per heavy atom. The lowest BCUT2D eigenvalue weighted by Gasteiger charge is -2.33. The minimum absolute atomic E-state index is 0.237. The number of hydrogen-bond acceptors (Lipinski definition) is 1. The normalized spacial score (nSPS) is 25.1. The number of benzene rings is 1. The summed E-state index contributed by atoms with van der Waals surface area (Å²) in [5, 5.41) is 0. The molecule has 0 radical (unpaired) electrons. The summed E-state index contributed by atoms with van der Waals surface area (Å²) in [6.07, 6.45) is 2.41. The molecule has 1 nitrogen and oxygen atoms in total. The highest BCUT2D eigenvalue weighted by Crippen LogP contribution is 2.41. The summed E-state index contributed by atoms with van der Waals surface area (Å²) in [4.78, 5) is 0. The molecule has 0 N–H and O–H groups in total. The van der Waals surface area contributed by atoms with Crippen LogP contribution in [0, 0.1) is 5.92 Å². The van der Waals surface area contributed by atoms with Crippen molar-refractivity contribution in [3.63, 3.8) is 0 Å². The lowest BCUT2D eigenvalue weighted by Crippen LogP contribution is -2.18. The maximum atomic E-state index is 11.9. The van der Waals surface area contributed by atoms with Crippen LogP contribution in [0.15, 0.2) is 24.3 Å². The Morgan fingerprint density at radius 1 is 1.20 bits per heavy atom. The van der Waals surface area contributed by atoms with E-state index in [-0.39, 0.29) is 5.75 Å². The van der Waals surface area contributed by atoms with Crippen LogP contribution in [0.5, 0.6) is 5.75 Å². The van der Waals surface area contributed by atoms with Crippen LogP contribution in [-0.4, -0.2) is 6.61 Å². The molecule has 1 aromatic carbocycles. The molecule has 0 saturated heterocycles. The van der Waals surface area contributed by atoms with E-state index in [0.29, 0.717) is 5.92 Å². The Bertz CT molecular complexity index is 315. The predicted molar refractivity (Wildman–Crippen MR) is 54.2 cm³/mol. The van der Waals surface area contributed by atoms with Gasteiger partial charge in [-0.15, -0.1) is 0 Å². The van der Waals surface area contributed by atoms with E-state index in [1.54, 1.807) is 12.1 Å². The largest absolute Gasteiger partial charge is 0.435 e. The molecule has 0 aromatic heterocycles. The first-order valence-corrected chi connectivity index (χ1v) is 5.20. The van der Waals surface area contributed by atoms with Gasteiger partial charge in [0.1, 0.15) is 5.75 Å². The van der Waals surface area contributed by atoms with Gasteiger partial charge in [-0.3, -0.25) is 0 Å². The Labute approximate surface area is 88.1 Å². The van der Waals surface area contributed by atoms with Crippen LogP contribution in [-0.2, 0) is 0 Å². The quantitative estimate of drug-likeness (QED) is 0.740. The van der Waals surface area contributed by atoms with Gasteiger partial charge in [-0.05, 0) is 42.4 Å². The van der Waals surface area contributed by atoms with Crippen LogP contribution < -0.4 is 4.74 Å². The van der Waals surface area contributed by atoms with Gasteiger partial charge in [0, 0.05) is 0 Å². The van der Waals surface area contributed by atoms with Crippen molar-refractivity contribution in [2.75, 3.05) is 0 Å². The molecule has 1 saturated carbocycles. The second-order valence-electron chi connectivity index (χ2n) is 4.22. The van der Waals surface area contributed by atoms with E-state index in [9.17, 15) is 8.78 Å². The predicted octanol–water partition coefficient (Wildman–Crippen LogP) is 3.80. The van der Waals surface area contributed by atoms with Crippen LogP contribution in [0.1, 0.15) is 31.2 Å². The van der Waals surface area contributed by atoms with Crippen molar-refractivity contribution in [1.82, 2.24) is 0 Å². The minimum atomic E-state index is -2.74. The molecule has 1 aliphatic rings. The third kappa shape index (κ3) is 2.46. The summed E-state index contributed by atoms with van der Waals surface area (Å²) >= 11 is 0. The van der Waals surface area contributed by atoms with Crippen LogP contribution in [0.3, 0.4) is 0 Å². The van der Waals surface area contributed by atoms with Crippen molar-refractivity contribution in [2.45, 2.75) is 32.3 Å². The molecule has 0 atom stereocenters. The Balaban J connectivity index is 1.98. The standard InChI is InChI=1S/C12H14F2O/c1-8-6-10(7-8)9-2-4-11(5-3-9)15-12(13)14/h2-5,8,10,12H,6-7H2,1H3. The van der Waals surface area contributed by atoms with Crippen LogP contribution >= 0.6 is 0 Å². The molecule has 15 heavy (non-hydrogen) atoms. The van der Waals surface area contributed by atoms with Gasteiger partial charge in [0.2, 0.25) is 0 Å². The molecule has 0 bridgehead atoms. The molecule has 1 aromatic rings. The molecule has 0 spiro atoms. The minimum Gasteiger partial charge on any atom is -0.435 e. The topological polar surface area (TPSA) is 9.23 Å². The third-order valence-electron chi connectivity index (χ3n) is 2.95. The SMILES string of the molecule is CC1CC(c2ccc(OC(F)F)cc2)C1. The molecule has 0 heterocycles. The Morgan fingerprint density at radius 3 is 2.27 bits per heavy atom. The van der Waals surface area contributed by atoms with Gasteiger partial charge >= 0.3 is 6.61 Å². The first kappa shape index (κ1) is 10.4. The van der Waals surface area contributed by atoms with Crippen molar-refractivity contribution in [2.24, 2.45) is 5.92 Å². The fourth-order valence-electron chi connectivity index (χ4n) is 2.10. The molecule has 1 aliphatic carbocycles. The highest BCUT2D eigenvalue weighted by Gasteiger charge is 2.26. The lowest BCUT2D eigenvalue weighted by atomic mass is 9.72. The second kappa shape index (κ2) is 4.17. The second-order valence-corrected chi connectivity index (χ2v) is 4.22. The van der Waals surface area contributed by atoms with Crippen LogP contribution in [0.4, 0.5) is 8.78 Å². The van der Waals surface area contributed by atoms with Crippen molar-refractivity contribution in [1.29, 1.82) is 0 Å². The van der Waals surface area contributed by atoms with Gasteiger partial charge in [0.15, 0.2) is 0 Å². The van der Waals surface area contributed by atoms with E-state index in [1.807, 2.05) is 12.1 Å². The number of hydrogen-bond donors (Lipinski definition) is 0. The van der Waals surface area contributed by atoms with Gasteiger partial charge in [0.05, 0.1) is 0 Å². The van der Waals surface area contributed by atoms with E-state index < -0.39 is 6.61 Å². The summed E-state index contributed by atoms with van der Waals surface area (Å²) in [7, 11) is 0. The summed E-state index contributed by atoms with van der Waals surface area (Å²) in [5.74, 6) is 1.65. The highest BCUT2D eigenvalue weighted by molar-refractivity contribution is 5.30. The van der Waals surface area contributed by atoms with Gasteiger partial charge in [-0.1, -0.05) is 19.1 Å². The molecule has 82 valence electrons. The van der Waals surface area contributed by atoms with Gasteiger partial charge in [-0.2, -0.15) is 8.78 Å². The first-order chi connectivity index (χ1) is 7.15. The molecule has 0 amide bonds. The lowest BCUT2D eigenvalue weighted by molar-refractivity contribution is -0.0498. The van der Waals surface area contributed by atoms with Gasteiger partial charge in [-0.25, -0.2) is 0 Å². The number of ether oxygens (including phenoxy) is 1. The van der Waals surface area contributed by atoms with Crippen molar-refractivity contribution in [3.05, 3.63) is 29.8 Å². The molecule has 0 aliphatic heterocycles. The summed E-state index contributed by atoms with van der Waals surface area (Å²) in [6, 6.07) is 7.00. The zero-order valence-electron chi connectivity index (χ0n) is 8.62. The fourth-order valence-corrected chi connectivity index (χ4v) is 2.10. The average Bonchev–Trinajstić information content (AvgIpc) is 2.14. The molecular weight excluding hydrogens is 198 g/mol. The average molecular weight is 212 g/mol. The molecule has 2 rings (SSSR count). The van der Waals surface area contributed by atoms with E-state index in [1.165, 1.54) is 18.4 Å². The molecular formula is C12H14F2O. The molecule has 0 unspecified atom stereocenters. The first-order valence-electron chi connectivity index (χ1n) is 5.20. The molecule has 3 heteroatoms. The highest BCUT2D eigenvalue weighted by atomic mass is 19.3. The third-order valence-corrected chi connectivity index (χ3v) is 2.95. The van der Waals surface area contributed by atoms with E-state index >= 15 is 0 Å². The summed E-state index contributed by atoms with van der Waals surface area (Å²) < 4.78 is 28.1. The number of alkyl halides is 2. The number of rotatable bonds is 3. The van der Waals surface area contributed by atoms with E-state index in [2.05, 4.69) is 11.7 Å². The fraction of sp³-hybridized carbons (Fsp3) is 0.500. The van der Waals surface area contributed by atoms with E-state index in [0.717, 1.165) is 5.92 Å². The molecule has 1 fully saturated rings. The monoisotopic (exact) mass is 212 g/mol. The van der Waals surface area contributed by atoms with Gasteiger partial charge in [0.25, 0.3) is 0 Å². The Hall–Kier alpha value is -1.12. The van der Waals surface area contributed by atoms with Crippen LogP contribution in [0.25, 0.3) is 0 Å². The number of halogens is 2. The van der Waals surface area contributed by atoms with Crippen molar-refractivity contribution in [3.8, 4) is 5.75 Å². The van der Waals surface area contributed by atoms with Gasteiger partial charge < -0.3 is 4.74 Å².